The van der Waals surface area contributed by atoms with Crippen LogP contribution in [0.3, 0.4) is 0 Å². The first-order valence-corrected chi connectivity index (χ1v) is 9.41. The maximum Gasteiger partial charge on any atom is 0.351 e. The van der Waals surface area contributed by atoms with E-state index in [4.69, 9.17) is 20.3 Å². The summed E-state index contributed by atoms with van der Waals surface area (Å²) < 4.78 is 18.3. The third-order valence-electron chi connectivity index (χ3n) is 3.71. The first-order valence-electron chi connectivity index (χ1n) is 7.61. The Hall–Kier alpha value is -1.74. The number of rotatable bonds is 7. The van der Waals surface area contributed by atoms with Crippen LogP contribution >= 0.6 is 7.60 Å². The highest BCUT2D eigenvalue weighted by atomic mass is 31.2. The largest absolute Gasteiger partial charge is 0.368 e. The van der Waals surface area contributed by atoms with Gasteiger partial charge in [-0.05, 0) is 26.7 Å². The smallest absolute Gasteiger partial charge is 0.351 e. The summed E-state index contributed by atoms with van der Waals surface area (Å²) in [4.78, 5) is 30.7. The number of imidazole rings is 1. The van der Waals surface area contributed by atoms with Crippen molar-refractivity contribution in [2.45, 2.75) is 44.9 Å². The summed E-state index contributed by atoms with van der Waals surface area (Å²) in [5, 5.41) is 3.18. The van der Waals surface area contributed by atoms with E-state index in [0.717, 1.165) is 12.8 Å². The second-order valence-electron chi connectivity index (χ2n) is 6.40. The van der Waals surface area contributed by atoms with Gasteiger partial charge in [0.1, 0.15) is 6.35 Å². The zero-order chi connectivity index (χ0) is 17.5. The number of hydrogen-bond acceptors (Lipinski definition) is 7. The van der Waals surface area contributed by atoms with Crippen molar-refractivity contribution in [1.82, 2.24) is 19.5 Å². The number of aromatic nitrogens is 4. The fourth-order valence-electron chi connectivity index (χ4n) is 2.47. The lowest BCUT2D eigenvalue weighted by molar-refractivity contribution is 0.0417. The molecule has 2 aromatic rings. The van der Waals surface area contributed by atoms with Crippen LogP contribution in [0.2, 0.25) is 0 Å². The zero-order valence-corrected chi connectivity index (χ0v) is 14.4. The number of nitrogens with one attached hydrogen (secondary N) is 1. The second kappa shape index (κ2) is 5.96. The van der Waals surface area contributed by atoms with E-state index in [1.807, 2.05) is 13.8 Å². The second-order valence-corrected chi connectivity index (χ2v) is 7.98. The normalized spacial score (nSPS) is 16.7. The Morgan fingerprint density at radius 3 is 2.75 bits per heavy atom. The van der Waals surface area contributed by atoms with Gasteiger partial charge in [0.25, 0.3) is 0 Å². The van der Waals surface area contributed by atoms with Gasteiger partial charge in [0.2, 0.25) is 5.95 Å². The molecule has 1 saturated carbocycles. The van der Waals surface area contributed by atoms with E-state index in [0.29, 0.717) is 23.5 Å². The first kappa shape index (κ1) is 17.1. The molecule has 0 aromatic carbocycles. The van der Waals surface area contributed by atoms with E-state index >= 15 is 0 Å². The van der Waals surface area contributed by atoms with Crippen LogP contribution in [0.15, 0.2) is 6.33 Å². The van der Waals surface area contributed by atoms with Crippen LogP contribution in [0, 0.1) is 0 Å². The fraction of sp³-hybridized carbons (Fsp3) is 0.615. The lowest BCUT2D eigenvalue weighted by Gasteiger charge is -2.18. The number of nitrogen functional groups attached to an aromatic ring is 1. The van der Waals surface area contributed by atoms with E-state index in [1.54, 1.807) is 10.9 Å². The molecule has 24 heavy (non-hydrogen) atoms. The van der Waals surface area contributed by atoms with Gasteiger partial charge >= 0.3 is 7.60 Å². The minimum atomic E-state index is -4.19. The van der Waals surface area contributed by atoms with E-state index in [2.05, 4.69) is 20.3 Å². The van der Waals surface area contributed by atoms with Gasteiger partial charge in [0.15, 0.2) is 17.0 Å². The van der Waals surface area contributed by atoms with Gasteiger partial charge in [0.05, 0.1) is 18.5 Å². The number of fused-ring (bicyclic) bond motifs is 1. The highest BCUT2D eigenvalue weighted by Gasteiger charge is 2.46. The first-order chi connectivity index (χ1) is 11.2. The van der Waals surface area contributed by atoms with Crippen LogP contribution in [-0.2, 0) is 15.8 Å². The SMILES string of the molecule is CC(C)Nc1nc(N)nc2c1ncn2CC1(OCP(=O)(O)O)CC1. The van der Waals surface area contributed by atoms with Crippen LogP contribution in [0.5, 0.6) is 0 Å². The van der Waals surface area contributed by atoms with Crippen molar-refractivity contribution in [3.8, 4) is 0 Å². The molecule has 1 aliphatic rings. The van der Waals surface area contributed by atoms with Crippen molar-refractivity contribution in [1.29, 1.82) is 0 Å². The maximum absolute atomic E-state index is 11.0. The molecule has 0 atom stereocenters. The summed E-state index contributed by atoms with van der Waals surface area (Å²) in [5.74, 6) is 0.695. The Kier molecular flexibility index (Phi) is 4.25. The topological polar surface area (TPSA) is 148 Å². The number of nitrogens with two attached hydrogens (primary N) is 1. The van der Waals surface area contributed by atoms with E-state index in [-0.39, 0.29) is 12.0 Å². The molecule has 0 aliphatic heterocycles. The quantitative estimate of drug-likeness (QED) is 0.531. The summed E-state index contributed by atoms with van der Waals surface area (Å²) in [6.45, 7) is 4.37. The monoisotopic (exact) mass is 356 g/mol. The summed E-state index contributed by atoms with van der Waals surface area (Å²) in [5.41, 5.74) is 6.37. The van der Waals surface area contributed by atoms with Crippen molar-refractivity contribution in [3.63, 3.8) is 0 Å². The van der Waals surface area contributed by atoms with Crippen LogP contribution in [-0.4, -0.2) is 47.3 Å². The molecule has 0 radical (unpaired) electrons. The van der Waals surface area contributed by atoms with Crippen molar-refractivity contribution in [2.24, 2.45) is 0 Å². The number of ether oxygens (including phenoxy) is 1. The highest BCUT2D eigenvalue weighted by molar-refractivity contribution is 7.51. The molecule has 0 unspecified atom stereocenters. The molecule has 1 aliphatic carbocycles. The van der Waals surface area contributed by atoms with E-state index < -0.39 is 19.5 Å². The van der Waals surface area contributed by atoms with Crippen LogP contribution in [0.4, 0.5) is 11.8 Å². The molecule has 5 N–H and O–H groups in total. The number of hydrogen-bond donors (Lipinski definition) is 4. The van der Waals surface area contributed by atoms with Gasteiger partial charge in [-0.2, -0.15) is 9.97 Å². The summed E-state index contributed by atoms with van der Waals surface area (Å²) >= 11 is 0. The predicted molar refractivity (Wildman–Crippen MR) is 88.5 cm³/mol. The molecule has 1 fully saturated rings. The molecule has 0 saturated heterocycles. The summed E-state index contributed by atoms with van der Waals surface area (Å²) in [6, 6.07) is 0.161. The average molecular weight is 356 g/mol. The van der Waals surface area contributed by atoms with Gasteiger partial charge in [-0.25, -0.2) is 4.98 Å². The van der Waals surface area contributed by atoms with Gasteiger partial charge < -0.3 is 30.1 Å². The molecule has 2 heterocycles. The number of nitrogens with zero attached hydrogens (tertiary/aromatic N) is 4. The van der Waals surface area contributed by atoms with Gasteiger partial charge in [-0.3, -0.25) is 4.57 Å². The van der Waals surface area contributed by atoms with Crippen LogP contribution in [0.1, 0.15) is 26.7 Å². The van der Waals surface area contributed by atoms with Gasteiger partial charge in [-0.1, -0.05) is 0 Å². The Morgan fingerprint density at radius 2 is 2.17 bits per heavy atom. The highest BCUT2D eigenvalue weighted by Crippen LogP contribution is 2.46. The molecule has 3 rings (SSSR count). The van der Waals surface area contributed by atoms with Crippen molar-refractivity contribution >= 4 is 30.5 Å². The maximum atomic E-state index is 11.0. The van der Waals surface area contributed by atoms with Crippen molar-refractivity contribution in [2.75, 3.05) is 17.4 Å². The lowest BCUT2D eigenvalue weighted by Crippen LogP contribution is -2.22. The molecule has 11 heteroatoms. The zero-order valence-electron chi connectivity index (χ0n) is 13.5. The minimum absolute atomic E-state index is 0.133. The van der Waals surface area contributed by atoms with Crippen LogP contribution in [0.25, 0.3) is 11.2 Å². The predicted octanol–water partition coefficient (Wildman–Crippen LogP) is 0.913. The molecular formula is C13H21N6O4P. The van der Waals surface area contributed by atoms with E-state index in [9.17, 15) is 4.57 Å². The molecule has 0 bridgehead atoms. The van der Waals surface area contributed by atoms with Crippen molar-refractivity contribution in [3.05, 3.63) is 6.33 Å². The van der Waals surface area contributed by atoms with Gasteiger partial charge in [-0.15, -0.1) is 0 Å². The Bertz CT molecular complexity index is 797. The molecule has 0 spiro atoms. The Balaban J connectivity index is 1.86. The Morgan fingerprint density at radius 1 is 1.46 bits per heavy atom. The number of anilines is 2. The standard InChI is InChI=1S/C13H21N6O4P/c1-8(2)16-10-9-11(18-12(14)17-10)19(6-15-9)5-13(3-4-13)23-7-24(20,21)22/h6,8H,3-5,7H2,1-2H3,(H2,20,21,22)(H3,14,16,17,18). The molecule has 132 valence electrons. The molecule has 0 amide bonds. The molecular weight excluding hydrogens is 335 g/mol. The Labute approximate surface area is 138 Å². The fourth-order valence-corrected chi connectivity index (χ4v) is 2.91. The van der Waals surface area contributed by atoms with Crippen molar-refractivity contribution < 1.29 is 19.1 Å². The minimum Gasteiger partial charge on any atom is -0.368 e. The van der Waals surface area contributed by atoms with Crippen LogP contribution < -0.4 is 11.1 Å². The summed E-state index contributed by atoms with van der Waals surface area (Å²) in [6.07, 6.45) is 2.48. The third-order valence-corrected chi connectivity index (χ3v) is 4.18. The summed E-state index contributed by atoms with van der Waals surface area (Å²) in [7, 11) is -4.19. The van der Waals surface area contributed by atoms with E-state index in [1.165, 1.54) is 0 Å². The average Bonchev–Trinajstić information content (AvgIpc) is 3.10. The molecule has 10 nitrogen and oxygen atoms in total. The lowest BCUT2D eigenvalue weighted by atomic mass is 10.3. The van der Waals surface area contributed by atoms with Gasteiger partial charge in [0, 0.05) is 6.04 Å². The molecule has 2 aromatic heterocycles. The third kappa shape index (κ3) is 3.84.